The molecule has 0 saturated heterocycles. The van der Waals surface area contributed by atoms with E-state index >= 15 is 0 Å². The number of rotatable bonds is 3. The minimum atomic E-state index is -1.13. The Kier molecular flexibility index (Phi) is 2.82. The highest BCUT2D eigenvalue weighted by Gasteiger charge is 2.14. The SMILES string of the molecule is COc1ccccc1-c1nc(C(=O)O)ns1. The normalized spacial score (nSPS) is 10.1. The van der Waals surface area contributed by atoms with Crippen molar-refractivity contribution in [2.75, 3.05) is 7.11 Å². The molecule has 0 spiro atoms. The van der Waals surface area contributed by atoms with Crippen LogP contribution in [-0.4, -0.2) is 27.5 Å². The van der Waals surface area contributed by atoms with Gasteiger partial charge in [0.25, 0.3) is 5.82 Å². The summed E-state index contributed by atoms with van der Waals surface area (Å²) in [5.74, 6) is -0.668. The van der Waals surface area contributed by atoms with Crippen molar-refractivity contribution in [3.8, 4) is 16.3 Å². The summed E-state index contributed by atoms with van der Waals surface area (Å²) in [6.45, 7) is 0. The number of aromatic carboxylic acids is 1. The third-order valence-corrected chi connectivity index (χ3v) is 2.70. The van der Waals surface area contributed by atoms with Crippen molar-refractivity contribution in [2.24, 2.45) is 0 Å². The lowest BCUT2D eigenvalue weighted by molar-refractivity contribution is 0.0685. The predicted octanol–water partition coefficient (Wildman–Crippen LogP) is 1.91. The number of carbonyl (C=O) groups is 1. The van der Waals surface area contributed by atoms with Gasteiger partial charge in [-0.25, -0.2) is 9.78 Å². The lowest BCUT2D eigenvalue weighted by Gasteiger charge is -2.03. The molecule has 1 N–H and O–H groups in total. The van der Waals surface area contributed by atoms with Gasteiger partial charge in [-0.3, -0.25) is 0 Å². The maximum atomic E-state index is 10.7. The number of hydrogen-bond donors (Lipinski definition) is 1. The Hall–Kier alpha value is -1.95. The molecule has 2 rings (SSSR count). The lowest BCUT2D eigenvalue weighted by Crippen LogP contribution is -1.98. The predicted molar refractivity (Wildman–Crippen MR) is 58.9 cm³/mol. The molecular weight excluding hydrogens is 228 g/mol. The number of aromatic nitrogens is 2. The van der Waals surface area contributed by atoms with Crippen molar-refractivity contribution >= 4 is 17.5 Å². The molecule has 0 saturated carbocycles. The highest BCUT2D eigenvalue weighted by molar-refractivity contribution is 7.09. The molecule has 0 bridgehead atoms. The Morgan fingerprint density at radius 3 is 2.81 bits per heavy atom. The van der Waals surface area contributed by atoms with E-state index in [0.29, 0.717) is 10.8 Å². The third kappa shape index (κ3) is 1.87. The standard InChI is InChI=1S/C10H8N2O3S/c1-15-7-5-3-2-4-6(7)9-11-8(10(13)14)12-16-9/h2-5H,1H3,(H,13,14). The molecular formula is C10H8N2O3S. The Bertz CT molecular complexity index is 524. The van der Waals surface area contributed by atoms with Crippen molar-refractivity contribution < 1.29 is 14.6 Å². The molecule has 82 valence electrons. The number of carboxylic acids is 1. The van der Waals surface area contributed by atoms with Gasteiger partial charge in [0.05, 0.1) is 12.7 Å². The lowest BCUT2D eigenvalue weighted by atomic mass is 10.2. The first-order valence-corrected chi connectivity index (χ1v) is 5.20. The summed E-state index contributed by atoms with van der Waals surface area (Å²) in [4.78, 5) is 14.6. The third-order valence-electron chi connectivity index (χ3n) is 1.95. The summed E-state index contributed by atoms with van der Waals surface area (Å²) in [5.41, 5.74) is 0.745. The van der Waals surface area contributed by atoms with Crippen LogP contribution in [-0.2, 0) is 0 Å². The van der Waals surface area contributed by atoms with E-state index in [1.807, 2.05) is 18.2 Å². The molecule has 0 aliphatic heterocycles. The monoisotopic (exact) mass is 236 g/mol. The minimum absolute atomic E-state index is 0.189. The Morgan fingerprint density at radius 2 is 2.19 bits per heavy atom. The van der Waals surface area contributed by atoms with Crippen LogP contribution in [0.4, 0.5) is 0 Å². The van der Waals surface area contributed by atoms with Crippen molar-refractivity contribution in [1.82, 2.24) is 9.36 Å². The molecule has 2 aromatic rings. The zero-order valence-electron chi connectivity index (χ0n) is 8.38. The van der Waals surface area contributed by atoms with Gasteiger partial charge in [-0.15, -0.1) is 0 Å². The maximum absolute atomic E-state index is 10.7. The van der Waals surface area contributed by atoms with Crippen LogP contribution >= 0.6 is 11.5 Å². The highest BCUT2D eigenvalue weighted by Crippen LogP contribution is 2.30. The van der Waals surface area contributed by atoms with Crippen LogP contribution in [0.3, 0.4) is 0 Å². The number of nitrogens with zero attached hydrogens (tertiary/aromatic N) is 2. The summed E-state index contributed by atoms with van der Waals surface area (Å²) in [5, 5.41) is 9.26. The zero-order valence-corrected chi connectivity index (χ0v) is 9.19. The summed E-state index contributed by atoms with van der Waals surface area (Å²) in [6.07, 6.45) is 0. The number of hydrogen-bond acceptors (Lipinski definition) is 5. The molecule has 0 aliphatic rings. The van der Waals surface area contributed by atoms with Crippen molar-refractivity contribution in [1.29, 1.82) is 0 Å². The number of para-hydroxylation sites is 1. The Balaban J connectivity index is 2.46. The molecule has 0 radical (unpaired) electrons. The largest absolute Gasteiger partial charge is 0.496 e. The number of benzene rings is 1. The topological polar surface area (TPSA) is 72.3 Å². The summed E-state index contributed by atoms with van der Waals surface area (Å²) in [7, 11) is 1.55. The Morgan fingerprint density at radius 1 is 1.44 bits per heavy atom. The molecule has 0 aliphatic carbocycles. The van der Waals surface area contributed by atoms with Gasteiger partial charge in [-0.05, 0) is 23.7 Å². The van der Waals surface area contributed by atoms with Crippen molar-refractivity contribution in [3.63, 3.8) is 0 Å². The van der Waals surface area contributed by atoms with Crippen molar-refractivity contribution in [3.05, 3.63) is 30.1 Å². The maximum Gasteiger partial charge on any atom is 0.375 e. The van der Waals surface area contributed by atoms with Gasteiger partial charge in [0.15, 0.2) is 0 Å². The first-order chi connectivity index (χ1) is 7.72. The van der Waals surface area contributed by atoms with E-state index in [9.17, 15) is 4.79 Å². The van der Waals surface area contributed by atoms with Gasteiger partial charge < -0.3 is 9.84 Å². The molecule has 1 aromatic carbocycles. The van der Waals surface area contributed by atoms with Gasteiger partial charge in [-0.1, -0.05) is 12.1 Å². The van der Waals surface area contributed by atoms with E-state index in [2.05, 4.69) is 9.36 Å². The van der Waals surface area contributed by atoms with Gasteiger partial charge in [0, 0.05) is 0 Å². The van der Waals surface area contributed by atoms with Gasteiger partial charge >= 0.3 is 5.97 Å². The van der Waals surface area contributed by atoms with E-state index in [0.717, 1.165) is 17.1 Å². The highest BCUT2D eigenvalue weighted by atomic mass is 32.1. The van der Waals surface area contributed by atoms with E-state index in [4.69, 9.17) is 9.84 Å². The molecule has 1 aromatic heterocycles. The average Bonchev–Trinajstić information content (AvgIpc) is 2.78. The number of ether oxygens (including phenoxy) is 1. The second kappa shape index (κ2) is 4.28. The number of carboxylic acid groups (broad SMARTS) is 1. The van der Waals surface area contributed by atoms with Crippen LogP contribution < -0.4 is 4.74 Å². The van der Waals surface area contributed by atoms with Crippen molar-refractivity contribution in [2.45, 2.75) is 0 Å². The fourth-order valence-corrected chi connectivity index (χ4v) is 1.93. The second-order valence-electron chi connectivity index (χ2n) is 2.93. The van der Waals surface area contributed by atoms with Crippen LogP contribution in [0.25, 0.3) is 10.6 Å². The first kappa shape index (κ1) is 10.6. The summed E-state index contributed by atoms with van der Waals surface area (Å²) < 4.78 is 8.90. The fourth-order valence-electron chi connectivity index (χ4n) is 1.24. The molecule has 0 amide bonds. The molecule has 0 fully saturated rings. The quantitative estimate of drug-likeness (QED) is 0.881. The molecule has 0 atom stereocenters. The van der Waals surface area contributed by atoms with E-state index in [1.165, 1.54) is 0 Å². The summed E-state index contributed by atoms with van der Waals surface area (Å²) >= 11 is 1.04. The van der Waals surface area contributed by atoms with E-state index in [1.54, 1.807) is 13.2 Å². The van der Waals surface area contributed by atoms with E-state index in [-0.39, 0.29) is 5.82 Å². The van der Waals surface area contributed by atoms with Crippen LogP contribution in [0.2, 0.25) is 0 Å². The van der Waals surface area contributed by atoms with Crippen LogP contribution in [0.1, 0.15) is 10.6 Å². The minimum Gasteiger partial charge on any atom is -0.496 e. The molecule has 5 nitrogen and oxygen atoms in total. The van der Waals surface area contributed by atoms with Crippen LogP contribution in [0, 0.1) is 0 Å². The first-order valence-electron chi connectivity index (χ1n) is 4.42. The molecule has 0 unspecified atom stereocenters. The zero-order chi connectivity index (χ0) is 11.5. The van der Waals surface area contributed by atoms with Gasteiger partial charge in [0.2, 0.25) is 0 Å². The average molecular weight is 236 g/mol. The van der Waals surface area contributed by atoms with Gasteiger partial charge in [0.1, 0.15) is 10.8 Å². The molecule has 1 heterocycles. The Labute approximate surface area is 95.5 Å². The smallest absolute Gasteiger partial charge is 0.375 e. The fraction of sp³-hybridized carbons (Fsp3) is 0.100. The molecule has 16 heavy (non-hydrogen) atoms. The van der Waals surface area contributed by atoms with Gasteiger partial charge in [-0.2, -0.15) is 4.37 Å². The van der Waals surface area contributed by atoms with Crippen LogP contribution in [0.5, 0.6) is 5.75 Å². The van der Waals surface area contributed by atoms with E-state index < -0.39 is 5.97 Å². The molecule has 6 heteroatoms. The second-order valence-corrected chi connectivity index (χ2v) is 3.68. The summed E-state index contributed by atoms with van der Waals surface area (Å²) in [6, 6.07) is 7.27. The number of methoxy groups -OCH3 is 1. The van der Waals surface area contributed by atoms with Crippen LogP contribution in [0.15, 0.2) is 24.3 Å².